The molecule has 2 aromatic heterocycles. The molecule has 0 unspecified atom stereocenters. The summed E-state index contributed by atoms with van der Waals surface area (Å²) in [4.78, 5) is 12.7. The zero-order chi connectivity index (χ0) is 13.7. The number of aromatic nitrogens is 3. The molecule has 0 radical (unpaired) electrons. The number of hydrogen-bond acceptors (Lipinski definition) is 4. The second-order valence-corrected chi connectivity index (χ2v) is 4.09. The Morgan fingerprint density at radius 3 is 3.11 bits per heavy atom. The first-order valence-electron chi connectivity index (χ1n) is 6.02. The van der Waals surface area contributed by atoms with Crippen LogP contribution >= 0.6 is 0 Å². The number of allylic oxidation sites excluding steroid dienone is 2. The van der Waals surface area contributed by atoms with Crippen LogP contribution in [0.25, 0.3) is 5.65 Å². The number of fused-ring (bicyclic) bond motifs is 1. The fourth-order valence-corrected chi connectivity index (χ4v) is 1.82. The molecule has 2 rings (SSSR count). The Bertz CT molecular complexity index is 636. The Balaban J connectivity index is 2.22. The molecule has 0 aromatic carbocycles. The number of nitrogens with zero attached hydrogens (tertiary/aromatic N) is 4. The number of aryl methyl sites for hydroxylation is 1. The van der Waals surface area contributed by atoms with Gasteiger partial charge in [0.1, 0.15) is 0 Å². The number of anilines is 1. The lowest BCUT2D eigenvalue weighted by atomic mass is 10.2. The van der Waals surface area contributed by atoms with E-state index < -0.39 is 0 Å². The highest BCUT2D eigenvalue weighted by Gasteiger charge is 2.05. The summed E-state index contributed by atoms with van der Waals surface area (Å²) in [5, 5.41) is 3.27. The van der Waals surface area contributed by atoms with E-state index in [-0.39, 0.29) is 0 Å². The van der Waals surface area contributed by atoms with Crippen LogP contribution in [-0.4, -0.2) is 34.2 Å². The fraction of sp³-hybridized carbons (Fsp3) is 0.214. The first-order chi connectivity index (χ1) is 9.26. The number of aliphatic imine (C=N–C) groups is 1. The summed E-state index contributed by atoms with van der Waals surface area (Å²) in [6, 6.07) is 0. The molecule has 5 nitrogen and oxygen atoms in total. The number of rotatable bonds is 5. The Morgan fingerprint density at radius 2 is 2.37 bits per heavy atom. The van der Waals surface area contributed by atoms with Crippen molar-refractivity contribution < 1.29 is 0 Å². The molecular formula is C14H17N5. The van der Waals surface area contributed by atoms with Crippen molar-refractivity contribution in [1.82, 2.24) is 14.4 Å². The average molecular weight is 255 g/mol. The fourth-order valence-electron chi connectivity index (χ4n) is 1.82. The molecule has 1 N–H and O–H groups in total. The van der Waals surface area contributed by atoms with Gasteiger partial charge in [-0.3, -0.25) is 9.39 Å². The average Bonchev–Trinajstić information content (AvgIpc) is 2.79. The van der Waals surface area contributed by atoms with Crippen molar-refractivity contribution >= 4 is 17.7 Å². The molecule has 0 bridgehead atoms. The van der Waals surface area contributed by atoms with Crippen molar-refractivity contribution in [2.45, 2.75) is 6.92 Å². The zero-order valence-corrected chi connectivity index (χ0v) is 11.2. The first-order valence-corrected chi connectivity index (χ1v) is 6.02. The van der Waals surface area contributed by atoms with E-state index in [1.54, 1.807) is 25.5 Å². The molecule has 0 saturated heterocycles. The van der Waals surface area contributed by atoms with Crippen molar-refractivity contribution in [1.29, 1.82) is 0 Å². The summed E-state index contributed by atoms with van der Waals surface area (Å²) < 4.78 is 2.00. The predicted molar refractivity (Wildman–Crippen MR) is 78.9 cm³/mol. The highest BCUT2D eigenvalue weighted by atomic mass is 15.1. The Morgan fingerprint density at radius 1 is 1.53 bits per heavy atom. The van der Waals surface area contributed by atoms with Crippen LogP contribution in [0.5, 0.6) is 0 Å². The highest BCUT2D eigenvalue weighted by molar-refractivity contribution is 5.80. The molecule has 19 heavy (non-hydrogen) atoms. The maximum absolute atomic E-state index is 4.35. The van der Waals surface area contributed by atoms with Gasteiger partial charge in [0.05, 0.1) is 0 Å². The standard InChI is InChI=1S/C14H17N5/c1-4-5-12(9-15-3)10-17-13-14-18-8-11(2)19(14)7-6-16-13/h4-9H,1,10H2,2-3H3,(H,16,17)/b12-5+,15-9?. The number of hydrogen-bond donors (Lipinski definition) is 1. The van der Waals surface area contributed by atoms with E-state index in [1.807, 2.05) is 29.8 Å². The van der Waals surface area contributed by atoms with E-state index in [0.29, 0.717) is 6.54 Å². The van der Waals surface area contributed by atoms with Gasteiger partial charge >= 0.3 is 0 Å². The third-order valence-electron chi connectivity index (χ3n) is 2.70. The minimum absolute atomic E-state index is 0.627. The maximum atomic E-state index is 4.35. The van der Waals surface area contributed by atoms with E-state index in [9.17, 15) is 0 Å². The van der Waals surface area contributed by atoms with Crippen LogP contribution < -0.4 is 5.32 Å². The molecule has 0 aliphatic heterocycles. The first kappa shape index (κ1) is 13.0. The minimum Gasteiger partial charge on any atom is -0.363 e. The van der Waals surface area contributed by atoms with Crippen molar-refractivity contribution in [3.05, 3.63) is 48.6 Å². The molecule has 0 spiro atoms. The lowest BCUT2D eigenvalue weighted by molar-refractivity contribution is 1.06. The molecule has 2 aromatic rings. The van der Waals surface area contributed by atoms with Gasteiger partial charge in [0, 0.05) is 44.1 Å². The van der Waals surface area contributed by atoms with Crippen molar-refractivity contribution in [3.8, 4) is 0 Å². The minimum atomic E-state index is 0.627. The van der Waals surface area contributed by atoms with Gasteiger partial charge in [-0.2, -0.15) is 0 Å². The van der Waals surface area contributed by atoms with Gasteiger partial charge in [0.15, 0.2) is 11.5 Å². The normalized spacial score (nSPS) is 12.2. The lowest BCUT2D eigenvalue weighted by Gasteiger charge is -2.07. The molecular weight excluding hydrogens is 238 g/mol. The molecule has 2 heterocycles. The largest absolute Gasteiger partial charge is 0.363 e. The summed E-state index contributed by atoms with van der Waals surface area (Å²) in [5.74, 6) is 0.759. The van der Waals surface area contributed by atoms with Gasteiger partial charge in [-0.05, 0) is 12.5 Å². The molecule has 0 amide bonds. The second-order valence-electron chi connectivity index (χ2n) is 4.09. The molecule has 0 aliphatic carbocycles. The Labute approximate surface area is 112 Å². The van der Waals surface area contributed by atoms with E-state index in [0.717, 1.165) is 22.7 Å². The molecule has 0 saturated carbocycles. The van der Waals surface area contributed by atoms with Crippen molar-refractivity contribution in [3.63, 3.8) is 0 Å². The SMILES string of the molecule is C=C/C=C(\C=NC)CNc1nccn2c(C)cnc12. The van der Waals surface area contributed by atoms with Crippen LogP contribution in [-0.2, 0) is 0 Å². The van der Waals surface area contributed by atoms with Gasteiger partial charge in [-0.25, -0.2) is 9.97 Å². The number of imidazole rings is 1. The van der Waals surface area contributed by atoms with Gasteiger partial charge in [0.25, 0.3) is 0 Å². The van der Waals surface area contributed by atoms with Crippen LogP contribution in [0.2, 0.25) is 0 Å². The quantitative estimate of drug-likeness (QED) is 0.658. The smallest absolute Gasteiger partial charge is 0.180 e. The third-order valence-corrected chi connectivity index (χ3v) is 2.70. The Hall–Kier alpha value is -2.43. The summed E-state index contributed by atoms with van der Waals surface area (Å²) in [6.45, 7) is 6.33. The van der Waals surface area contributed by atoms with Crippen molar-refractivity contribution in [2.75, 3.05) is 18.9 Å². The summed E-state index contributed by atoms with van der Waals surface area (Å²) in [7, 11) is 1.74. The van der Waals surface area contributed by atoms with Crippen LogP contribution in [0, 0.1) is 6.92 Å². The van der Waals surface area contributed by atoms with Crippen LogP contribution in [0.1, 0.15) is 5.69 Å². The topological polar surface area (TPSA) is 54.6 Å². The van der Waals surface area contributed by atoms with E-state index >= 15 is 0 Å². The monoisotopic (exact) mass is 255 g/mol. The molecule has 0 fully saturated rings. The van der Waals surface area contributed by atoms with Crippen LogP contribution in [0.15, 0.2) is 47.9 Å². The number of nitrogens with one attached hydrogen (secondary N) is 1. The summed E-state index contributed by atoms with van der Waals surface area (Å²) >= 11 is 0. The van der Waals surface area contributed by atoms with Crippen molar-refractivity contribution in [2.24, 2.45) is 4.99 Å². The van der Waals surface area contributed by atoms with E-state index in [1.165, 1.54) is 0 Å². The molecule has 5 heteroatoms. The van der Waals surface area contributed by atoms with Crippen LogP contribution in [0.3, 0.4) is 0 Å². The van der Waals surface area contributed by atoms with Gasteiger partial charge in [-0.15, -0.1) is 0 Å². The molecule has 0 atom stereocenters. The summed E-state index contributed by atoms with van der Waals surface area (Å²) in [5.41, 5.74) is 2.94. The van der Waals surface area contributed by atoms with Gasteiger partial charge in [0.2, 0.25) is 0 Å². The van der Waals surface area contributed by atoms with E-state index in [2.05, 4.69) is 26.9 Å². The van der Waals surface area contributed by atoms with E-state index in [4.69, 9.17) is 0 Å². The highest BCUT2D eigenvalue weighted by Crippen LogP contribution is 2.13. The van der Waals surface area contributed by atoms with Gasteiger partial charge < -0.3 is 5.32 Å². The summed E-state index contributed by atoms with van der Waals surface area (Å²) in [6.07, 6.45) is 10.9. The molecule has 0 aliphatic rings. The second kappa shape index (κ2) is 5.95. The Kier molecular flexibility index (Phi) is 4.07. The maximum Gasteiger partial charge on any atom is 0.180 e. The lowest BCUT2D eigenvalue weighted by Crippen LogP contribution is -2.08. The molecule has 98 valence electrons. The zero-order valence-electron chi connectivity index (χ0n) is 11.2. The third kappa shape index (κ3) is 2.88. The van der Waals surface area contributed by atoms with Crippen LogP contribution in [0.4, 0.5) is 5.82 Å². The predicted octanol–water partition coefficient (Wildman–Crippen LogP) is 2.26. The van der Waals surface area contributed by atoms with Gasteiger partial charge in [-0.1, -0.05) is 18.7 Å².